The van der Waals surface area contributed by atoms with E-state index in [9.17, 15) is 9.59 Å². The van der Waals surface area contributed by atoms with E-state index in [0.717, 1.165) is 6.42 Å². The van der Waals surface area contributed by atoms with E-state index < -0.39 is 0 Å². The van der Waals surface area contributed by atoms with Crippen LogP contribution >= 0.6 is 0 Å². The van der Waals surface area contributed by atoms with Gasteiger partial charge in [-0.3, -0.25) is 9.59 Å². The summed E-state index contributed by atoms with van der Waals surface area (Å²) in [6.07, 6.45) is 0.906. The molecule has 0 fully saturated rings. The minimum atomic E-state index is -0.104. The van der Waals surface area contributed by atoms with Crippen molar-refractivity contribution in [1.29, 1.82) is 0 Å². The first-order valence-corrected chi connectivity index (χ1v) is 6.92. The number of carbonyl (C=O) groups excluding carboxylic acids is 2. The second-order valence-corrected chi connectivity index (χ2v) is 4.78. The van der Waals surface area contributed by atoms with E-state index in [1.165, 1.54) is 0 Å². The lowest BCUT2D eigenvalue weighted by Crippen LogP contribution is -2.28. The standard InChI is InChI=1S/C15H23N3O2/c1-4-9-17-15(20)12-5-7-13(8-6-12)18-14(19)11(2)10-16-3/h5-8,11,16H,4,9-10H2,1-3H3,(H,17,20)(H,18,19). The summed E-state index contributed by atoms with van der Waals surface area (Å²) in [6.45, 7) is 5.16. The third-order valence-corrected chi connectivity index (χ3v) is 2.91. The highest BCUT2D eigenvalue weighted by Gasteiger charge is 2.12. The Morgan fingerprint density at radius 3 is 2.40 bits per heavy atom. The van der Waals surface area contributed by atoms with Gasteiger partial charge in [0.05, 0.1) is 0 Å². The molecule has 5 nitrogen and oxygen atoms in total. The molecule has 0 aromatic heterocycles. The van der Waals surface area contributed by atoms with Crippen LogP contribution in [0.25, 0.3) is 0 Å². The van der Waals surface area contributed by atoms with Crippen molar-refractivity contribution in [3.05, 3.63) is 29.8 Å². The summed E-state index contributed by atoms with van der Waals surface area (Å²) < 4.78 is 0. The number of carbonyl (C=O) groups is 2. The maximum absolute atomic E-state index is 11.8. The smallest absolute Gasteiger partial charge is 0.251 e. The van der Waals surface area contributed by atoms with Crippen molar-refractivity contribution < 1.29 is 9.59 Å². The van der Waals surface area contributed by atoms with Gasteiger partial charge in [0.25, 0.3) is 5.91 Å². The Morgan fingerprint density at radius 1 is 1.20 bits per heavy atom. The van der Waals surface area contributed by atoms with Gasteiger partial charge in [-0.05, 0) is 37.7 Å². The SMILES string of the molecule is CCCNC(=O)c1ccc(NC(=O)C(C)CNC)cc1. The molecule has 0 radical (unpaired) electrons. The monoisotopic (exact) mass is 277 g/mol. The predicted octanol–water partition coefficient (Wildman–Crippen LogP) is 1.62. The van der Waals surface area contributed by atoms with Gasteiger partial charge in [0, 0.05) is 30.3 Å². The maximum Gasteiger partial charge on any atom is 0.251 e. The number of amides is 2. The molecule has 0 aliphatic rings. The van der Waals surface area contributed by atoms with E-state index in [0.29, 0.717) is 24.3 Å². The largest absolute Gasteiger partial charge is 0.352 e. The van der Waals surface area contributed by atoms with Crippen LogP contribution in [0.3, 0.4) is 0 Å². The van der Waals surface area contributed by atoms with Gasteiger partial charge < -0.3 is 16.0 Å². The summed E-state index contributed by atoms with van der Waals surface area (Å²) in [5.74, 6) is -0.233. The Balaban J connectivity index is 2.58. The molecule has 20 heavy (non-hydrogen) atoms. The lowest BCUT2D eigenvalue weighted by atomic mass is 10.1. The summed E-state index contributed by atoms with van der Waals surface area (Å²) in [4.78, 5) is 23.6. The quantitative estimate of drug-likeness (QED) is 0.709. The summed E-state index contributed by atoms with van der Waals surface area (Å²) in [6, 6.07) is 6.91. The van der Waals surface area contributed by atoms with E-state index in [1.807, 2.05) is 20.9 Å². The molecule has 1 unspecified atom stereocenters. The Kier molecular flexibility index (Phi) is 6.73. The third kappa shape index (κ3) is 5.01. The molecular weight excluding hydrogens is 254 g/mol. The fourth-order valence-corrected chi connectivity index (χ4v) is 1.71. The third-order valence-electron chi connectivity index (χ3n) is 2.91. The molecule has 1 aromatic rings. The normalized spacial score (nSPS) is 11.8. The molecule has 0 saturated carbocycles. The maximum atomic E-state index is 11.8. The molecule has 0 spiro atoms. The van der Waals surface area contributed by atoms with E-state index in [4.69, 9.17) is 0 Å². The summed E-state index contributed by atoms with van der Waals surface area (Å²) in [5.41, 5.74) is 1.30. The number of benzene rings is 1. The zero-order valence-corrected chi connectivity index (χ0v) is 12.3. The van der Waals surface area contributed by atoms with Gasteiger partial charge in [0.15, 0.2) is 0 Å². The zero-order chi connectivity index (χ0) is 15.0. The molecule has 2 amide bonds. The van der Waals surface area contributed by atoms with Crippen LogP contribution in [0.2, 0.25) is 0 Å². The van der Waals surface area contributed by atoms with Crippen LogP contribution in [-0.2, 0) is 4.79 Å². The molecule has 5 heteroatoms. The van der Waals surface area contributed by atoms with Gasteiger partial charge in [-0.1, -0.05) is 13.8 Å². The van der Waals surface area contributed by atoms with Crippen LogP contribution in [0.4, 0.5) is 5.69 Å². The second kappa shape index (κ2) is 8.32. The molecule has 3 N–H and O–H groups in total. The number of rotatable bonds is 7. The highest BCUT2D eigenvalue weighted by atomic mass is 16.2. The number of hydrogen-bond acceptors (Lipinski definition) is 3. The fraction of sp³-hybridized carbons (Fsp3) is 0.467. The zero-order valence-electron chi connectivity index (χ0n) is 12.3. The van der Waals surface area contributed by atoms with Crippen LogP contribution in [-0.4, -0.2) is 32.0 Å². The Labute approximate surface area is 120 Å². The van der Waals surface area contributed by atoms with Crippen molar-refractivity contribution in [2.75, 3.05) is 25.5 Å². The average Bonchev–Trinajstić information content (AvgIpc) is 2.45. The van der Waals surface area contributed by atoms with Crippen molar-refractivity contribution in [2.24, 2.45) is 5.92 Å². The Bertz CT molecular complexity index is 443. The fourth-order valence-electron chi connectivity index (χ4n) is 1.71. The number of nitrogens with one attached hydrogen (secondary N) is 3. The van der Waals surface area contributed by atoms with Crippen LogP contribution in [0, 0.1) is 5.92 Å². The molecule has 0 aliphatic heterocycles. The van der Waals surface area contributed by atoms with E-state index in [2.05, 4.69) is 16.0 Å². The first-order valence-electron chi connectivity index (χ1n) is 6.92. The van der Waals surface area contributed by atoms with Crippen LogP contribution in [0.15, 0.2) is 24.3 Å². The Hall–Kier alpha value is -1.88. The van der Waals surface area contributed by atoms with Crippen molar-refractivity contribution >= 4 is 17.5 Å². The van der Waals surface area contributed by atoms with E-state index in [1.54, 1.807) is 24.3 Å². The summed E-state index contributed by atoms with van der Waals surface area (Å²) in [5, 5.41) is 8.60. The minimum absolute atomic E-state index is 0.0393. The van der Waals surface area contributed by atoms with E-state index in [-0.39, 0.29) is 17.7 Å². The number of hydrogen-bond donors (Lipinski definition) is 3. The first-order chi connectivity index (χ1) is 9.58. The number of anilines is 1. The van der Waals surface area contributed by atoms with Crippen molar-refractivity contribution in [2.45, 2.75) is 20.3 Å². The van der Waals surface area contributed by atoms with Crippen LogP contribution < -0.4 is 16.0 Å². The van der Waals surface area contributed by atoms with Gasteiger partial charge in [-0.25, -0.2) is 0 Å². The van der Waals surface area contributed by atoms with Gasteiger partial charge >= 0.3 is 0 Å². The van der Waals surface area contributed by atoms with Crippen molar-refractivity contribution in [1.82, 2.24) is 10.6 Å². The topological polar surface area (TPSA) is 70.2 Å². The molecule has 1 atom stereocenters. The van der Waals surface area contributed by atoms with E-state index >= 15 is 0 Å². The first kappa shape index (κ1) is 16.2. The van der Waals surface area contributed by atoms with Crippen molar-refractivity contribution in [3.63, 3.8) is 0 Å². The second-order valence-electron chi connectivity index (χ2n) is 4.78. The molecule has 0 bridgehead atoms. The molecule has 1 aromatic carbocycles. The molecule has 0 heterocycles. The Morgan fingerprint density at radius 2 is 1.85 bits per heavy atom. The van der Waals surface area contributed by atoms with Gasteiger partial charge in [0.1, 0.15) is 0 Å². The lowest BCUT2D eigenvalue weighted by Gasteiger charge is -2.12. The van der Waals surface area contributed by atoms with Gasteiger partial charge in [-0.2, -0.15) is 0 Å². The van der Waals surface area contributed by atoms with Gasteiger partial charge in [0.2, 0.25) is 5.91 Å². The van der Waals surface area contributed by atoms with Gasteiger partial charge in [-0.15, -0.1) is 0 Å². The average molecular weight is 277 g/mol. The highest BCUT2D eigenvalue weighted by molar-refractivity contribution is 5.96. The minimum Gasteiger partial charge on any atom is -0.352 e. The van der Waals surface area contributed by atoms with Crippen molar-refractivity contribution in [3.8, 4) is 0 Å². The lowest BCUT2D eigenvalue weighted by molar-refractivity contribution is -0.119. The van der Waals surface area contributed by atoms with Crippen LogP contribution in [0.5, 0.6) is 0 Å². The predicted molar refractivity (Wildman–Crippen MR) is 80.8 cm³/mol. The van der Waals surface area contributed by atoms with Crippen LogP contribution in [0.1, 0.15) is 30.6 Å². The molecule has 1 rings (SSSR count). The summed E-state index contributed by atoms with van der Waals surface area (Å²) in [7, 11) is 1.81. The molecular formula is C15H23N3O2. The molecule has 0 saturated heterocycles. The molecule has 0 aliphatic carbocycles. The highest BCUT2D eigenvalue weighted by Crippen LogP contribution is 2.11. The summed E-state index contributed by atoms with van der Waals surface area (Å²) >= 11 is 0. The molecule has 110 valence electrons.